The molecule has 0 aromatic heterocycles. The quantitative estimate of drug-likeness (QED) is 0.767. The van der Waals surface area contributed by atoms with Crippen LogP contribution in [0.4, 0.5) is 13.6 Å². The van der Waals surface area contributed by atoms with E-state index < -0.39 is 22.8 Å². The molecule has 2 rings (SSSR count). The highest BCUT2D eigenvalue weighted by molar-refractivity contribution is 8.18. The summed E-state index contributed by atoms with van der Waals surface area (Å²) < 4.78 is 25.8. The molecule has 1 saturated heterocycles. The van der Waals surface area contributed by atoms with Gasteiger partial charge >= 0.3 is 0 Å². The van der Waals surface area contributed by atoms with Crippen LogP contribution in [-0.4, -0.2) is 11.1 Å². The second-order valence-corrected chi connectivity index (χ2v) is 4.03. The van der Waals surface area contributed by atoms with Gasteiger partial charge in [0.05, 0.1) is 4.91 Å². The molecule has 6 heteroatoms. The molecule has 0 unspecified atom stereocenters. The number of amides is 2. The minimum absolute atomic E-state index is 0.0637. The van der Waals surface area contributed by atoms with Crippen LogP contribution in [0.2, 0.25) is 0 Å². The van der Waals surface area contributed by atoms with E-state index in [0.29, 0.717) is 17.8 Å². The first-order valence-electron chi connectivity index (χ1n) is 4.26. The van der Waals surface area contributed by atoms with Crippen molar-refractivity contribution >= 4 is 29.0 Å². The summed E-state index contributed by atoms with van der Waals surface area (Å²) in [6.07, 6.45) is 1.21. The van der Waals surface area contributed by atoms with Gasteiger partial charge < -0.3 is 0 Å². The fraction of sp³-hybridized carbons (Fsp3) is 0. The summed E-state index contributed by atoms with van der Waals surface area (Å²) in [5.74, 6) is -2.04. The Morgan fingerprint density at radius 2 is 2.00 bits per heavy atom. The van der Waals surface area contributed by atoms with E-state index in [0.717, 1.165) is 6.07 Å². The SMILES string of the molecule is O=C1NC(=O)/C(=C/c2ccc(F)cc2F)S1. The Hall–Kier alpha value is -1.69. The smallest absolute Gasteiger partial charge is 0.282 e. The number of thioether (sulfide) groups is 1. The predicted molar refractivity (Wildman–Crippen MR) is 55.5 cm³/mol. The zero-order valence-corrected chi connectivity index (χ0v) is 8.61. The van der Waals surface area contributed by atoms with Gasteiger partial charge in [0.2, 0.25) is 0 Å². The predicted octanol–water partition coefficient (Wildman–Crippen LogP) is 2.29. The molecule has 0 radical (unpaired) electrons. The Kier molecular flexibility index (Phi) is 2.74. The van der Waals surface area contributed by atoms with Gasteiger partial charge in [-0.3, -0.25) is 14.9 Å². The van der Waals surface area contributed by atoms with Gasteiger partial charge in [0.25, 0.3) is 11.1 Å². The van der Waals surface area contributed by atoms with E-state index in [1.165, 1.54) is 12.1 Å². The van der Waals surface area contributed by atoms with E-state index in [-0.39, 0.29) is 10.5 Å². The average Bonchev–Trinajstić information content (AvgIpc) is 2.50. The number of rotatable bonds is 1. The highest BCUT2D eigenvalue weighted by Crippen LogP contribution is 2.26. The molecular formula is C10H5F2NO2S. The third-order valence-corrected chi connectivity index (χ3v) is 2.70. The highest BCUT2D eigenvalue weighted by atomic mass is 32.2. The summed E-state index contributed by atoms with van der Waals surface area (Å²) >= 11 is 0.683. The average molecular weight is 241 g/mol. The standard InChI is InChI=1S/C10H5F2NO2S/c11-6-2-1-5(7(12)4-6)3-8-9(14)13-10(15)16-8/h1-4H,(H,13,14,15)/b8-3-. The zero-order valence-electron chi connectivity index (χ0n) is 7.79. The monoisotopic (exact) mass is 241 g/mol. The summed E-state index contributed by atoms with van der Waals surface area (Å²) in [6, 6.07) is 2.99. The van der Waals surface area contributed by atoms with Crippen molar-refractivity contribution in [2.75, 3.05) is 0 Å². The van der Waals surface area contributed by atoms with Gasteiger partial charge in [-0.15, -0.1) is 0 Å². The van der Waals surface area contributed by atoms with Gasteiger partial charge in [-0.1, -0.05) is 0 Å². The molecule has 0 spiro atoms. The van der Waals surface area contributed by atoms with E-state index in [1.54, 1.807) is 0 Å². The summed E-state index contributed by atoms with van der Waals surface area (Å²) in [5, 5.41) is 1.54. The summed E-state index contributed by atoms with van der Waals surface area (Å²) in [7, 11) is 0. The number of carbonyl (C=O) groups excluding carboxylic acids is 2. The van der Waals surface area contributed by atoms with Crippen LogP contribution in [0.5, 0.6) is 0 Å². The Morgan fingerprint density at radius 3 is 2.56 bits per heavy atom. The van der Waals surface area contributed by atoms with Crippen LogP contribution < -0.4 is 5.32 Å². The van der Waals surface area contributed by atoms with E-state index in [1.807, 2.05) is 5.32 Å². The largest absolute Gasteiger partial charge is 0.290 e. The number of benzene rings is 1. The lowest BCUT2D eigenvalue weighted by molar-refractivity contribution is -0.115. The first kappa shape index (κ1) is 10.8. The van der Waals surface area contributed by atoms with Gasteiger partial charge in [0, 0.05) is 11.6 Å². The lowest BCUT2D eigenvalue weighted by Crippen LogP contribution is -2.17. The Bertz CT molecular complexity index is 514. The maximum absolute atomic E-state index is 13.2. The second kappa shape index (κ2) is 4.05. The Labute approximate surface area is 93.5 Å². The topological polar surface area (TPSA) is 46.2 Å². The molecule has 1 aliphatic rings. The maximum Gasteiger partial charge on any atom is 0.290 e. The number of nitrogens with one attached hydrogen (secondary N) is 1. The van der Waals surface area contributed by atoms with E-state index in [9.17, 15) is 18.4 Å². The second-order valence-electron chi connectivity index (χ2n) is 3.02. The van der Waals surface area contributed by atoms with Crippen molar-refractivity contribution < 1.29 is 18.4 Å². The maximum atomic E-state index is 13.2. The van der Waals surface area contributed by atoms with Crippen molar-refractivity contribution in [2.24, 2.45) is 0 Å². The minimum Gasteiger partial charge on any atom is -0.282 e. The van der Waals surface area contributed by atoms with Crippen LogP contribution in [0.15, 0.2) is 23.1 Å². The molecule has 1 heterocycles. The molecule has 1 aromatic carbocycles. The van der Waals surface area contributed by atoms with Gasteiger partial charge in [-0.05, 0) is 30.0 Å². The number of hydrogen-bond acceptors (Lipinski definition) is 3. The molecule has 16 heavy (non-hydrogen) atoms. The molecule has 0 bridgehead atoms. The Balaban J connectivity index is 2.36. The summed E-state index contributed by atoms with van der Waals surface area (Å²) in [6.45, 7) is 0. The molecule has 1 fully saturated rings. The number of imide groups is 1. The molecule has 1 N–H and O–H groups in total. The van der Waals surface area contributed by atoms with Crippen LogP contribution >= 0.6 is 11.8 Å². The molecule has 1 aliphatic heterocycles. The third kappa shape index (κ3) is 2.11. The number of hydrogen-bond donors (Lipinski definition) is 1. The third-order valence-electron chi connectivity index (χ3n) is 1.89. The van der Waals surface area contributed by atoms with Gasteiger partial charge in [0.15, 0.2) is 0 Å². The van der Waals surface area contributed by atoms with Crippen molar-refractivity contribution in [3.8, 4) is 0 Å². The van der Waals surface area contributed by atoms with Gasteiger partial charge in [-0.25, -0.2) is 8.78 Å². The first-order valence-corrected chi connectivity index (χ1v) is 5.08. The fourth-order valence-electron chi connectivity index (χ4n) is 1.18. The van der Waals surface area contributed by atoms with Crippen LogP contribution in [0.3, 0.4) is 0 Å². The van der Waals surface area contributed by atoms with Crippen molar-refractivity contribution in [3.63, 3.8) is 0 Å². The molecule has 82 valence electrons. The van der Waals surface area contributed by atoms with E-state index in [4.69, 9.17) is 0 Å². The fourth-order valence-corrected chi connectivity index (χ4v) is 1.85. The molecular weight excluding hydrogens is 236 g/mol. The Morgan fingerprint density at radius 1 is 1.25 bits per heavy atom. The normalized spacial score (nSPS) is 18.0. The van der Waals surface area contributed by atoms with Gasteiger partial charge in [0.1, 0.15) is 11.6 Å². The van der Waals surface area contributed by atoms with Crippen molar-refractivity contribution in [3.05, 3.63) is 40.3 Å². The molecule has 0 aliphatic carbocycles. The lowest BCUT2D eigenvalue weighted by atomic mass is 10.2. The van der Waals surface area contributed by atoms with Crippen molar-refractivity contribution in [1.29, 1.82) is 0 Å². The number of halogens is 2. The van der Waals surface area contributed by atoms with Crippen molar-refractivity contribution in [2.45, 2.75) is 0 Å². The molecule has 3 nitrogen and oxygen atoms in total. The highest BCUT2D eigenvalue weighted by Gasteiger charge is 2.25. The van der Waals surface area contributed by atoms with Crippen molar-refractivity contribution in [1.82, 2.24) is 5.32 Å². The molecule has 0 atom stereocenters. The summed E-state index contributed by atoms with van der Waals surface area (Å²) in [4.78, 5) is 22.1. The molecule has 1 aromatic rings. The van der Waals surface area contributed by atoms with E-state index in [2.05, 4.69) is 0 Å². The van der Waals surface area contributed by atoms with Gasteiger partial charge in [-0.2, -0.15) is 0 Å². The summed E-state index contributed by atoms with van der Waals surface area (Å²) in [5.41, 5.74) is 0.0637. The zero-order chi connectivity index (χ0) is 11.7. The van der Waals surface area contributed by atoms with Crippen LogP contribution in [0, 0.1) is 11.6 Å². The molecule has 0 saturated carbocycles. The van der Waals surface area contributed by atoms with E-state index >= 15 is 0 Å². The molecule has 2 amide bonds. The number of carbonyl (C=O) groups is 2. The van der Waals surface area contributed by atoms with Crippen LogP contribution in [-0.2, 0) is 4.79 Å². The minimum atomic E-state index is -0.778. The first-order chi connectivity index (χ1) is 7.56. The van der Waals surface area contributed by atoms with Crippen LogP contribution in [0.1, 0.15) is 5.56 Å². The lowest BCUT2D eigenvalue weighted by Gasteiger charge is -1.97. The van der Waals surface area contributed by atoms with Crippen LogP contribution in [0.25, 0.3) is 6.08 Å².